The molecule has 0 aliphatic carbocycles. The zero-order valence-electron chi connectivity index (χ0n) is 8.57. The third-order valence-electron chi connectivity index (χ3n) is 2.02. The summed E-state index contributed by atoms with van der Waals surface area (Å²) < 4.78 is 0. The molecular weight excluding hydrogens is 190 g/mol. The molecule has 3 heteroatoms. The van der Waals surface area contributed by atoms with Gasteiger partial charge in [-0.2, -0.15) is 0 Å². The van der Waals surface area contributed by atoms with Gasteiger partial charge in [0.25, 0.3) is 0 Å². The minimum Gasteiger partial charge on any atom is -0.392 e. The second-order valence-electron chi connectivity index (χ2n) is 3.24. The van der Waals surface area contributed by atoms with Gasteiger partial charge in [0.1, 0.15) is 0 Å². The molecule has 80 valence electrons. The Balaban J connectivity index is 2.43. The van der Waals surface area contributed by atoms with Crippen molar-refractivity contribution >= 4 is 5.91 Å². The maximum atomic E-state index is 11.1. The Kier molecular flexibility index (Phi) is 4.57. The lowest BCUT2D eigenvalue weighted by molar-refractivity contribution is -0.120. The van der Waals surface area contributed by atoms with Gasteiger partial charge in [0.05, 0.1) is 6.61 Å². The zero-order valence-corrected chi connectivity index (χ0v) is 8.57. The summed E-state index contributed by atoms with van der Waals surface area (Å²) >= 11 is 0. The molecule has 15 heavy (non-hydrogen) atoms. The average Bonchev–Trinajstić information content (AvgIpc) is 2.27. The molecule has 0 radical (unpaired) electrons. The van der Waals surface area contributed by atoms with Crippen molar-refractivity contribution in [2.45, 2.75) is 19.6 Å². The molecule has 0 fully saturated rings. The van der Waals surface area contributed by atoms with Gasteiger partial charge in [-0.3, -0.25) is 4.79 Å². The van der Waals surface area contributed by atoms with Crippen molar-refractivity contribution in [1.82, 2.24) is 5.32 Å². The molecule has 1 aromatic rings. The number of hydrogen-bond acceptors (Lipinski definition) is 2. The second-order valence-corrected chi connectivity index (χ2v) is 3.24. The molecule has 1 aromatic carbocycles. The van der Waals surface area contributed by atoms with E-state index in [0.717, 1.165) is 11.1 Å². The van der Waals surface area contributed by atoms with Crippen molar-refractivity contribution in [2.24, 2.45) is 0 Å². The summed E-state index contributed by atoms with van der Waals surface area (Å²) in [5.74, 6) is -0.0313. The lowest BCUT2D eigenvalue weighted by Crippen LogP contribution is -2.21. The molecule has 1 amide bonds. The highest BCUT2D eigenvalue weighted by Crippen LogP contribution is 2.03. The molecule has 1 rings (SSSR count). The Bertz CT molecular complexity index is 330. The normalized spacial score (nSPS) is 9.67. The van der Waals surface area contributed by atoms with E-state index in [4.69, 9.17) is 5.11 Å². The van der Waals surface area contributed by atoms with E-state index in [1.165, 1.54) is 0 Å². The first-order valence-corrected chi connectivity index (χ1v) is 4.82. The number of amides is 1. The smallest absolute Gasteiger partial charge is 0.224 e. The van der Waals surface area contributed by atoms with Crippen LogP contribution in [0.1, 0.15) is 17.5 Å². The minimum absolute atomic E-state index is 0.0313. The fourth-order valence-electron chi connectivity index (χ4n) is 1.17. The summed E-state index contributed by atoms with van der Waals surface area (Å²) in [5.41, 5.74) is 1.89. The maximum Gasteiger partial charge on any atom is 0.224 e. The molecule has 3 nitrogen and oxygen atoms in total. The van der Waals surface area contributed by atoms with Crippen LogP contribution in [0.4, 0.5) is 0 Å². The number of carbonyl (C=O) groups is 1. The van der Waals surface area contributed by atoms with E-state index < -0.39 is 0 Å². The van der Waals surface area contributed by atoms with Crippen LogP contribution in [0.3, 0.4) is 0 Å². The Morgan fingerprint density at radius 2 is 1.93 bits per heavy atom. The quantitative estimate of drug-likeness (QED) is 0.713. The summed E-state index contributed by atoms with van der Waals surface area (Å²) in [7, 11) is 0. The average molecular weight is 205 g/mol. The van der Waals surface area contributed by atoms with E-state index in [9.17, 15) is 4.79 Å². The van der Waals surface area contributed by atoms with E-state index in [1.54, 1.807) is 6.08 Å². The topological polar surface area (TPSA) is 49.3 Å². The molecule has 0 heterocycles. The molecule has 0 spiro atoms. The van der Waals surface area contributed by atoms with Gasteiger partial charge in [0.2, 0.25) is 5.91 Å². The van der Waals surface area contributed by atoms with Crippen LogP contribution in [0.2, 0.25) is 0 Å². The third-order valence-corrected chi connectivity index (χ3v) is 2.02. The number of aliphatic hydroxyl groups is 1. The molecule has 0 aliphatic heterocycles. The second kappa shape index (κ2) is 5.98. The molecule has 0 bridgehead atoms. The molecule has 0 atom stereocenters. The Hall–Kier alpha value is -1.61. The van der Waals surface area contributed by atoms with Crippen LogP contribution in [0.5, 0.6) is 0 Å². The number of rotatable bonds is 5. The lowest BCUT2D eigenvalue weighted by atomic mass is 10.1. The van der Waals surface area contributed by atoms with Crippen LogP contribution in [-0.4, -0.2) is 11.0 Å². The van der Waals surface area contributed by atoms with E-state index in [0.29, 0.717) is 13.0 Å². The maximum absolute atomic E-state index is 11.1. The molecule has 2 N–H and O–H groups in total. The summed E-state index contributed by atoms with van der Waals surface area (Å²) in [6.45, 7) is 4.05. The van der Waals surface area contributed by atoms with Crippen LogP contribution < -0.4 is 5.32 Å². The molecule has 0 aliphatic rings. The van der Waals surface area contributed by atoms with Crippen molar-refractivity contribution in [3.05, 3.63) is 48.0 Å². The van der Waals surface area contributed by atoms with Crippen molar-refractivity contribution in [3.63, 3.8) is 0 Å². The zero-order chi connectivity index (χ0) is 11.1. The largest absolute Gasteiger partial charge is 0.392 e. The SMILES string of the molecule is C=CCC(=O)NCc1ccc(CO)cc1. The standard InChI is InChI=1S/C12H15NO2/c1-2-3-12(15)13-8-10-4-6-11(9-14)7-5-10/h2,4-7,14H,1,3,8-9H2,(H,13,15). The molecular formula is C12H15NO2. The van der Waals surface area contributed by atoms with Gasteiger partial charge in [-0.25, -0.2) is 0 Å². The number of aliphatic hydroxyl groups excluding tert-OH is 1. The van der Waals surface area contributed by atoms with Gasteiger partial charge in [0, 0.05) is 13.0 Å². The summed E-state index contributed by atoms with van der Waals surface area (Å²) in [5, 5.41) is 11.6. The van der Waals surface area contributed by atoms with Gasteiger partial charge in [-0.05, 0) is 11.1 Å². The first-order valence-electron chi connectivity index (χ1n) is 4.82. The Labute approximate surface area is 89.4 Å². The fraction of sp³-hybridized carbons (Fsp3) is 0.250. The number of benzene rings is 1. The first-order chi connectivity index (χ1) is 7.26. The van der Waals surface area contributed by atoms with Crippen LogP contribution in [0.15, 0.2) is 36.9 Å². The van der Waals surface area contributed by atoms with Gasteiger partial charge in [0.15, 0.2) is 0 Å². The van der Waals surface area contributed by atoms with Gasteiger partial charge < -0.3 is 10.4 Å². The minimum atomic E-state index is -0.0313. The summed E-state index contributed by atoms with van der Waals surface area (Å²) in [6.07, 6.45) is 1.92. The van der Waals surface area contributed by atoms with Crippen LogP contribution in [0, 0.1) is 0 Å². The number of nitrogens with one attached hydrogen (secondary N) is 1. The molecule has 0 saturated carbocycles. The van der Waals surface area contributed by atoms with E-state index >= 15 is 0 Å². The fourth-order valence-corrected chi connectivity index (χ4v) is 1.17. The lowest BCUT2D eigenvalue weighted by Gasteiger charge is -2.04. The Morgan fingerprint density at radius 1 is 1.33 bits per heavy atom. The molecule has 0 saturated heterocycles. The highest BCUT2D eigenvalue weighted by molar-refractivity contribution is 5.77. The van der Waals surface area contributed by atoms with Crippen LogP contribution >= 0.6 is 0 Å². The van der Waals surface area contributed by atoms with Crippen molar-refractivity contribution < 1.29 is 9.90 Å². The number of hydrogen-bond donors (Lipinski definition) is 2. The Morgan fingerprint density at radius 3 is 2.47 bits per heavy atom. The van der Waals surface area contributed by atoms with Crippen molar-refractivity contribution in [1.29, 1.82) is 0 Å². The summed E-state index contributed by atoms with van der Waals surface area (Å²) in [6, 6.07) is 7.46. The van der Waals surface area contributed by atoms with Gasteiger partial charge >= 0.3 is 0 Å². The third kappa shape index (κ3) is 3.95. The van der Waals surface area contributed by atoms with Gasteiger partial charge in [-0.1, -0.05) is 30.3 Å². The van der Waals surface area contributed by atoms with Crippen LogP contribution in [0.25, 0.3) is 0 Å². The van der Waals surface area contributed by atoms with E-state index in [2.05, 4.69) is 11.9 Å². The van der Waals surface area contributed by atoms with Crippen LogP contribution in [-0.2, 0) is 17.9 Å². The van der Waals surface area contributed by atoms with E-state index in [-0.39, 0.29) is 12.5 Å². The molecule has 0 aromatic heterocycles. The highest BCUT2D eigenvalue weighted by atomic mass is 16.3. The van der Waals surface area contributed by atoms with E-state index in [1.807, 2.05) is 24.3 Å². The number of carbonyl (C=O) groups excluding carboxylic acids is 1. The summed E-state index contributed by atoms with van der Waals surface area (Å²) in [4.78, 5) is 11.1. The van der Waals surface area contributed by atoms with Crippen molar-refractivity contribution in [2.75, 3.05) is 0 Å². The molecule has 0 unspecified atom stereocenters. The van der Waals surface area contributed by atoms with Crippen molar-refractivity contribution in [3.8, 4) is 0 Å². The first kappa shape index (κ1) is 11.5. The predicted molar refractivity (Wildman–Crippen MR) is 59.0 cm³/mol. The van der Waals surface area contributed by atoms with Gasteiger partial charge in [-0.15, -0.1) is 6.58 Å². The monoisotopic (exact) mass is 205 g/mol. The predicted octanol–water partition coefficient (Wildman–Crippen LogP) is 1.37. The highest BCUT2D eigenvalue weighted by Gasteiger charge is 1.98.